The van der Waals surface area contributed by atoms with Crippen molar-refractivity contribution in [3.8, 4) is 0 Å². The molecule has 1 aromatic heterocycles. The van der Waals surface area contributed by atoms with Crippen LogP contribution >= 0.6 is 0 Å². The Labute approximate surface area is 146 Å². The van der Waals surface area contributed by atoms with Crippen molar-refractivity contribution in [2.75, 3.05) is 7.11 Å². The van der Waals surface area contributed by atoms with Crippen LogP contribution in [-0.4, -0.2) is 37.4 Å². The van der Waals surface area contributed by atoms with Gasteiger partial charge in [0.1, 0.15) is 0 Å². The van der Waals surface area contributed by atoms with Gasteiger partial charge in [0.25, 0.3) is 15.9 Å². The van der Waals surface area contributed by atoms with Crippen molar-refractivity contribution in [2.24, 2.45) is 0 Å². The van der Waals surface area contributed by atoms with Crippen molar-refractivity contribution in [1.82, 2.24) is 14.8 Å². The van der Waals surface area contributed by atoms with Gasteiger partial charge in [-0.2, -0.15) is 0 Å². The minimum absolute atomic E-state index is 0.0398. The van der Waals surface area contributed by atoms with Crippen LogP contribution < -0.4 is 4.89 Å². The topological polar surface area (TPSA) is 88.6 Å². The molecular formula is C17H19N3O4S. The molecule has 3 rings (SSSR count). The fraction of sp³-hybridized carbons (Fsp3) is 0.294. The van der Waals surface area contributed by atoms with E-state index in [-0.39, 0.29) is 16.8 Å². The zero-order valence-corrected chi connectivity index (χ0v) is 14.6. The van der Waals surface area contributed by atoms with E-state index in [9.17, 15) is 13.2 Å². The Hall–Kier alpha value is -2.29. The van der Waals surface area contributed by atoms with E-state index in [2.05, 4.69) is 9.82 Å². The maximum absolute atomic E-state index is 12.8. The van der Waals surface area contributed by atoms with Gasteiger partial charge in [-0.1, -0.05) is 4.89 Å². The van der Waals surface area contributed by atoms with Crippen molar-refractivity contribution in [1.29, 1.82) is 0 Å². The zero-order valence-electron chi connectivity index (χ0n) is 13.8. The number of sulfonamides is 1. The predicted molar refractivity (Wildman–Crippen MR) is 90.9 cm³/mol. The number of pyridine rings is 1. The standard InChI is InChI=1S/C17H19N3O4S/c1-24-19-25(22,23)16-6-2-14(3-7-16)17(21)20(15-4-5-15)12-13-8-10-18-11-9-13/h2-3,6-11,15,19H,4-5,12H2,1H3. The summed E-state index contributed by atoms with van der Waals surface area (Å²) in [4.78, 5) is 25.1. The van der Waals surface area contributed by atoms with Gasteiger partial charge in [-0.15, -0.1) is 0 Å². The highest BCUT2D eigenvalue weighted by molar-refractivity contribution is 7.89. The normalized spacial score (nSPS) is 14.3. The lowest BCUT2D eigenvalue weighted by atomic mass is 10.1. The molecule has 1 aliphatic carbocycles. The summed E-state index contributed by atoms with van der Waals surface area (Å²) in [5.74, 6) is -0.108. The van der Waals surface area contributed by atoms with E-state index < -0.39 is 10.0 Å². The molecule has 0 bridgehead atoms. The molecule has 1 aromatic carbocycles. The molecule has 1 heterocycles. The molecular weight excluding hydrogens is 342 g/mol. The Morgan fingerprint density at radius 3 is 2.40 bits per heavy atom. The molecule has 1 saturated carbocycles. The molecule has 0 spiro atoms. The maximum atomic E-state index is 12.8. The van der Waals surface area contributed by atoms with Crippen molar-refractivity contribution >= 4 is 15.9 Å². The number of nitrogens with one attached hydrogen (secondary N) is 1. The van der Waals surface area contributed by atoms with Gasteiger partial charge < -0.3 is 4.90 Å². The summed E-state index contributed by atoms with van der Waals surface area (Å²) in [5, 5.41) is 0. The molecule has 0 radical (unpaired) electrons. The van der Waals surface area contributed by atoms with Crippen LogP contribution in [0.2, 0.25) is 0 Å². The summed E-state index contributed by atoms with van der Waals surface area (Å²) < 4.78 is 23.7. The molecule has 0 unspecified atom stereocenters. The Bertz CT molecular complexity index is 834. The number of carbonyl (C=O) groups is 1. The summed E-state index contributed by atoms with van der Waals surface area (Å²) in [6, 6.07) is 9.84. The Morgan fingerprint density at radius 2 is 1.84 bits per heavy atom. The summed E-state index contributed by atoms with van der Waals surface area (Å²) in [6.07, 6.45) is 5.38. The molecule has 0 aliphatic heterocycles. The van der Waals surface area contributed by atoms with Gasteiger partial charge >= 0.3 is 0 Å². The molecule has 0 saturated heterocycles. The first-order valence-electron chi connectivity index (χ1n) is 7.86. The lowest BCUT2D eigenvalue weighted by Crippen LogP contribution is -2.32. The molecule has 1 N–H and O–H groups in total. The summed E-state index contributed by atoms with van der Waals surface area (Å²) >= 11 is 0. The number of hydrogen-bond donors (Lipinski definition) is 1. The fourth-order valence-corrected chi connectivity index (χ4v) is 3.35. The quantitative estimate of drug-likeness (QED) is 0.759. The maximum Gasteiger partial charge on any atom is 0.262 e. The van der Waals surface area contributed by atoms with E-state index in [1.807, 2.05) is 21.9 Å². The number of aromatic nitrogens is 1. The first-order chi connectivity index (χ1) is 12.0. The van der Waals surface area contributed by atoms with Gasteiger partial charge in [0, 0.05) is 30.5 Å². The SMILES string of the molecule is CONS(=O)(=O)c1ccc(C(=O)N(Cc2ccncc2)C2CC2)cc1. The average molecular weight is 361 g/mol. The second-order valence-corrected chi connectivity index (χ2v) is 7.48. The second kappa shape index (κ2) is 7.30. The summed E-state index contributed by atoms with van der Waals surface area (Å²) in [6.45, 7) is 0.511. The molecule has 0 atom stereocenters. The Morgan fingerprint density at radius 1 is 1.20 bits per heavy atom. The van der Waals surface area contributed by atoms with E-state index in [1.54, 1.807) is 12.4 Å². The number of amides is 1. The van der Waals surface area contributed by atoms with Crippen LogP contribution in [0.15, 0.2) is 53.7 Å². The van der Waals surface area contributed by atoms with Crippen LogP contribution in [0, 0.1) is 0 Å². The Kier molecular flexibility index (Phi) is 5.12. The molecule has 8 heteroatoms. The number of carbonyl (C=O) groups excluding carboxylic acids is 1. The van der Waals surface area contributed by atoms with Gasteiger partial charge in [-0.3, -0.25) is 14.6 Å². The fourth-order valence-electron chi connectivity index (χ4n) is 2.54. The third-order valence-electron chi connectivity index (χ3n) is 3.96. The second-order valence-electron chi connectivity index (χ2n) is 5.83. The molecule has 1 fully saturated rings. The van der Waals surface area contributed by atoms with Crippen LogP contribution in [0.1, 0.15) is 28.8 Å². The van der Waals surface area contributed by atoms with Crippen molar-refractivity contribution in [2.45, 2.75) is 30.3 Å². The highest BCUT2D eigenvalue weighted by Gasteiger charge is 2.33. The summed E-state index contributed by atoms with van der Waals surface area (Å²) in [5.41, 5.74) is 1.47. The van der Waals surface area contributed by atoms with Crippen LogP contribution in [-0.2, 0) is 21.4 Å². The minimum atomic E-state index is -3.73. The van der Waals surface area contributed by atoms with E-state index in [4.69, 9.17) is 0 Å². The first kappa shape index (κ1) is 17.5. The molecule has 1 aliphatic rings. The third-order valence-corrected chi connectivity index (χ3v) is 5.23. The van der Waals surface area contributed by atoms with E-state index in [1.165, 1.54) is 31.4 Å². The molecule has 7 nitrogen and oxygen atoms in total. The van der Waals surface area contributed by atoms with E-state index in [0.29, 0.717) is 12.1 Å². The van der Waals surface area contributed by atoms with Gasteiger partial charge in [0.15, 0.2) is 0 Å². The minimum Gasteiger partial charge on any atom is -0.331 e. The molecule has 2 aromatic rings. The van der Waals surface area contributed by atoms with Gasteiger partial charge in [-0.25, -0.2) is 8.42 Å². The largest absolute Gasteiger partial charge is 0.331 e. The number of rotatable bonds is 7. The average Bonchev–Trinajstić information content (AvgIpc) is 3.45. The summed E-state index contributed by atoms with van der Waals surface area (Å²) in [7, 11) is -2.51. The van der Waals surface area contributed by atoms with Gasteiger partial charge in [0.05, 0.1) is 12.0 Å². The van der Waals surface area contributed by atoms with Crippen LogP contribution in [0.5, 0.6) is 0 Å². The van der Waals surface area contributed by atoms with Crippen LogP contribution in [0.25, 0.3) is 0 Å². The number of nitrogens with zero attached hydrogens (tertiary/aromatic N) is 2. The van der Waals surface area contributed by atoms with Crippen molar-refractivity contribution < 1.29 is 18.0 Å². The molecule has 132 valence electrons. The Balaban J connectivity index is 1.78. The lowest BCUT2D eigenvalue weighted by molar-refractivity contribution is 0.0729. The van der Waals surface area contributed by atoms with Crippen molar-refractivity contribution in [3.63, 3.8) is 0 Å². The monoisotopic (exact) mass is 361 g/mol. The smallest absolute Gasteiger partial charge is 0.262 e. The van der Waals surface area contributed by atoms with E-state index >= 15 is 0 Å². The molecule has 1 amide bonds. The first-order valence-corrected chi connectivity index (χ1v) is 9.34. The third kappa shape index (κ3) is 4.22. The van der Waals surface area contributed by atoms with E-state index in [0.717, 1.165) is 18.4 Å². The zero-order chi connectivity index (χ0) is 17.9. The highest BCUT2D eigenvalue weighted by atomic mass is 32.2. The number of hydrogen-bond acceptors (Lipinski definition) is 5. The lowest BCUT2D eigenvalue weighted by Gasteiger charge is -2.22. The molecule has 25 heavy (non-hydrogen) atoms. The highest BCUT2D eigenvalue weighted by Crippen LogP contribution is 2.30. The predicted octanol–water partition coefficient (Wildman–Crippen LogP) is 1.73. The van der Waals surface area contributed by atoms with Gasteiger partial charge in [-0.05, 0) is 54.8 Å². The number of benzene rings is 1. The van der Waals surface area contributed by atoms with Crippen LogP contribution in [0.4, 0.5) is 0 Å². The van der Waals surface area contributed by atoms with Crippen LogP contribution in [0.3, 0.4) is 0 Å². The van der Waals surface area contributed by atoms with Crippen molar-refractivity contribution in [3.05, 3.63) is 59.9 Å². The van der Waals surface area contributed by atoms with Gasteiger partial charge in [0.2, 0.25) is 0 Å².